The average molecular weight is 367 g/mol. The second kappa shape index (κ2) is 7.76. The molecule has 1 aliphatic heterocycles. The Morgan fingerprint density at radius 1 is 1.12 bits per heavy atom. The van der Waals surface area contributed by atoms with Crippen molar-refractivity contribution in [3.05, 3.63) is 52.7 Å². The topological polar surface area (TPSA) is 58.6 Å². The second-order valence-electron chi connectivity index (χ2n) is 5.83. The molecule has 0 saturated carbocycles. The lowest BCUT2D eigenvalue weighted by Crippen LogP contribution is -2.48. The van der Waals surface area contributed by atoms with Crippen molar-refractivity contribution in [1.82, 2.24) is 9.62 Å². The quantitative estimate of drug-likeness (QED) is 0.853. The number of nitrogens with zero attached hydrogens (tertiary/aromatic N) is 1. The fourth-order valence-corrected chi connectivity index (χ4v) is 5.27. The molecule has 2 aromatic rings. The van der Waals surface area contributed by atoms with Crippen LogP contribution in [0, 0.1) is 0 Å². The number of rotatable bonds is 6. The van der Waals surface area contributed by atoms with E-state index in [0.29, 0.717) is 18.1 Å². The van der Waals surface area contributed by atoms with E-state index in [4.69, 9.17) is 4.74 Å². The molecule has 7 heteroatoms. The lowest BCUT2D eigenvalue weighted by molar-refractivity contribution is 0.0113. The van der Waals surface area contributed by atoms with E-state index in [1.54, 1.807) is 35.6 Å². The Labute approximate surface area is 147 Å². The molecular weight excluding hydrogens is 344 g/mol. The molecule has 0 radical (unpaired) electrons. The number of hydrogen-bond acceptors (Lipinski definition) is 5. The van der Waals surface area contributed by atoms with Crippen LogP contribution in [0.2, 0.25) is 0 Å². The van der Waals surface area contributed by atoms with E-state index < -0.39 is 10.0 Å². The molecule has 0 bridgehead atoms. The number of ether oxygens (including phenoxy) is 1. The fourth-order valence-electron chi connectivity index (χ4n) is 3.03. The van der Waals surface area contributed by atoms with Crippen LogP contribution in [0.1, 0.15) is 17.8 Å². The number of nitrogens with one attached hydrogen (secondary N) is 1. The molecule has 0 spiro atoms. The van der Waals surface area contributed by atoms with Crippen LogP contribution in [-0.2, 0) is 14.8 Å². The predicted molar refractivity (Wildman–Crippen MR) is 95.7 cm³/mol. The second-order valence-corrected chi connectivity index (χ2v) is 8.52. The largest absolute Gasteiger partial charge is 0.379 e. The van der Waals surface area contributed by atoms with Gasteiger partial charge in [-0.1, -0.05) is 24.3 Å². The van der Waals surface area contributed by atoms with Crippen LogP contribution >= 0.6 is 11.3 Å². The Bertz CT molecular complexity index is 726. The molecule has 1 aromatic carbocycles. The highest BCUT2D eigenvalue weighted by molar-refractivity contribution is 7.89. The molecular formula is C17H22N2O3S2. The Balaban J connectivity index is 1.82. The number of morpholine rings is 1. The molecule has 1 fully saturated rings. The van der Waals surface area contributed by atoms with Gasteiger partial charge in [0.15, 0.2) is 0 Å². The maximum absolute atomic E-state index is 12.6. The minimum atomic E-state index is -3.54. The van der Waals surface area contributed by atoms with Crippen LogP contribution < -0.4 is 4.72 Å². The molecule has 3 rings (SSSR count). The van der Waals surface area contributed by atoms with Gasteiger partial charge in [-0.05, 0) is 30.5 Å². The SMILES string of the molecule is C[C@@H](NS(=O)(=O)c1ccccc1)[C@@H](c1cccs1)N1CCOCC1. The summed E-state index contributed by atoms with van der Waals surface area (Å²) in [5.41, 5.74) is 0. The van der Waals surface area contributed by atoms with Gasteiger partial charge in [-0.3, -0.25) is 4.90 Å². The maximum atomic E-state index is 12.6. The third-order valence-corrected chi connectivity index (χ3v) is 6.66. The Kier molecular flexibility index (Phi) is 5.68. The van der Waals surface area contributed by atoms with E-state index in [9.17, 15) is 8.42 Å². The highest BCUT2D eigenvalue weighted by Gasteiger charge is 2.31. The average Bonchev–Trinajstić information content (AvgIpc) is 3.10. The van der Waals surface area contributed by atoms with Crippen molar-refractivity contribution in [3.63, 3.8) is 0 Å². The van der Waals surface area contributed by atoms with E-state index in [1.807, 2.05) is 24.4 Å². The van der Waals surface area contributed by atoms with Gasteiger partial charge in [0, 0.05) is 24.0 Å². The van der Waals surface area contributed by atoms with Crippen molar-refractivity contribution >= 4 is 21.4 Å². The van der Waals surface area contributed by atoms with Crippen molar-refractivity contribution in [1.29, 1.82) is 0 Å². The molecule has 1 saturated heterocycles. The number of sulfonamides is 1. The summed E-state index contributed by atoms with van der Waals surface area (Å²) in [6.45, 7) is 4.90. The monoisotopic (exact) mass is 366 g/mol. The summed E-state index contributed by atoms with van der Waals surface area (Å²) < 4.78 is 33.6. The highest BCUT2D eigenvalue weighted by atomic mass is 32.2. The summed E-state index contributed by atoms with van der Waals surface area (Å²) >= 11 is 1.66. The summed E-state index contributed by atoms with van der Waals surface area (Å²) in [5, 5.41) is 2.03. The van der Waals surface area contributed by atoms with E-state index >= 15 is 0 Å². The van der Waals surface area contributed by atoms with Gasteiger partial charge >= 0.3 is 0 Å². The van der Waals surface area contributed by atoms with Gasteiger partial charge in [-0.2, -0.15) is 0 Å². The molecule has 0 aliphatic carbocycles. The van der Waals surface area contributed by atoms with Crippen molar-refractivity contribution in [2.45, 2.75) is 23.9 Å². The molecule has 130 valence electrons. The van der Waals surface area contributed by atoms with Gasteiger partial charge in [0.1, 0.15) is 0 Å². The third-order valence-electron chi connectivity index (χ3n) is 4.14. The zero-order valence-corrected chi connectivity index (χ0v) is 15.2. The molecule has 0 unspecified atom stereocenters. The highest BCUT2D eigenvalue weighted by Crippen LogP contribution is 2.29. The van der Waals surface area contributed by atoms with Crippen LogP contribution in [-0.4, -0.2) is 45.7 Å². The van der Waals surface area contributed by atoms with E-state index in [-0.39, 0.29) is 12.1 Å². The lowest BCUT2D eigenvalue weighted by Gasteiger charge is -2.37. The first-order chi connectivity index (χ1) is 11.6. The Hall–Kier alpha value is -1.25. The zero-order valence-electron chi connectivity index (χ0n) is 13.6. The number of hydrogen-bond donors (Lipinski definition) is 1. The van der Waals surface area contributed by atoms with E-state index in [0.717, 1.165) is 13.1 Å². The van der Waals surface area contributed by atoms with Gasteiger partial charge in [0.2, 0.25) is 10.0 Å². The summed E-state index contributed by atoms with van der Waals surface area (Å²) in [6.07, 6.45) is 0. The molecule has 2 heterocycles. The summed E-state index contributed by atoms with van der Waals surface area (Å²) in [7, 11) is -3.54. The molecule has 1 N–H and O–H groups in total. The van der Waals surface area contributed by atoms with Crippen LogP contribution in [0.25, 0.3) is 0 Å². The molecule has 1 aromatic heterocycles. The van der Waals surface area contributed by atoms with Crippen molar-refractivity contribution in [3.8, 4) is 0 Å². The molecule has 1 aliphatic rings. The standard InChI is InChI=1S/C17H22N2O3S2/c1-14(18-24(20,21)15-6-3-2-4-7-15)17(16-8-5-13-23-16)19-9-11-22-12-10-19/h2-8,13-14,17-18H,9-12H2,1H3/t14-,17+/m1/s1. The summed E-state index contributed by atoms with van der Waals surface area (Å²) in [5.74, 6) is 0. The zero-order chi connectivity index (χ0) is 17.0. The first-order valence-corrected chi connectivity index (χ1v) is 10.4. The molecule has 2 atom stereocenters. The van der Waals surface area contributed by atoms with Crippen molar-refractivity contribution in [2.75, 3.05) is 26.3 Å². The Morgan fingerprint density at radius 3 is 2.46 bits per heavy atom. The molecule has 5 nitrogen and oxygen atoms in total. The van der Waals surface area contributed by atoms with Gasteiger partial charge in [-0.15, -0.1) is 11.3 Å². The van der Waals surface area contributed by atoms with Crippen molar-refractivity contribution < 1.29 is 13.2 Å². The van der Waals surface area contributed by atoms with Crippen LogP contribution in [0.15, 0.2) is 52.7 Å². The number of thiophene rings is 1. The minimum Gasteiger partial charge on any atom is -0.379 e. The van der Waals surface area contributed by atoms with Crippen molar-refractivity contribution in [2.24, 2.45) is 0 Å². The third kappa shape index (κ3) is 4.04. The summed E-state index contributed by atoms with van der Waals surface area (Å²) in [4.78, 5) is 3.76. The van der Waals surface area contributed by atoms with Crippen LogP contribution in [0.4, 0.5) is 0 Å². The smallest absolute Gasteiger partial charge is 0.240 e. The van der Waals surface area contributed by atoms with Gasteiger partial charge in [-0.25, -0.2) is 13.1 Å². The van der Waals surface area contributed by atoms with Gasteiger partial charge < -0.3 is 4.74 Å². The predicted octanol–water partition coefficient (Wildman–Crippen LogP) is 2.49. The molecule has 0 amide bonds. The first kappa shape index (κ1) is 17.6. The van der Waals surface area contributed by atoms with E-state index in [2.05, 4.69) is 15.7 Å². The maximum Gasteiger partial charge on any atom is 0.240 e. The first-order valence-electron chi connectivity index (χ1n) is 8.00. The van der Waals surface area contributed by atoms with Crippen LogP contribution in [0.5, 0.6) is 0 Å². The normalized spacial score (nSPS) is 19.0. The Morgan fingerprint density at radius 2 is 1.83 bits per heavy atom. The van der Waals surface area contributed by atoms with Crippen LogP contribution in [0.3, 0.4) is 0 Å². The van der Waals surface area contributed by atoms with Gasteiger partial charge in [0.05, 0.1) is 24.2 Å². The lowest BCUT2D eigenvalue weighted by atomic mass is 10.1. The van der Waals surface area contributed by atoms with Gasteiger partial charge in [0.25, 0.3) is 0 Å². The molecule has 24 heavy (non-hydrogen) atoms. The number of benzene rings is 1. The summed E-state index contributed by atoms with van der Waals surface area (Å²) in [6, 6.07) is 12.3. The minimum absolute atomic E-state index is 0.00684. The van der Waals surface area contributed by atoms with E-state index in [1.165, 1.54) is 4.88 Å². The fraction of sp³-hybridized carbons (Fsp3) is 0.412.